The number of nitrogens with zero attached hydrogens (tertiary/aromatic N) is 3. The number of amides is 1. The zero-order valence-electron chi connectivity index (χ0n) is 20.6. The summed E-state index contributed by atoms with van der Waals surface area (Å²) >= 11 is 0. The lowest BCUT2D eigenvalue weighted by Crippen LogP contribution is -2.36. The largest absolute Gasteiger partial charge is 0.495 e. The molecular formula is C25H31N5O4. The van der Waals surface area contributed by atoms with Crippen molar-refractivity contribution in [3.05, 3.63) is 64.5 Å². The summed E-state index contributed by atoms with van der Waals surface area (Å²) < 4.78 is 18.1. The number of aliphatic imine (C=N–C) groups is 1. The number of rotatable bonds is 7. The second-order valence-corrected chi connectivity index (χ2v) is 7.76. The lowest BCUT2D eigenvalue weighted by molar-refractivity contribution is 0.0973. The number of nitrogens with one attached hydrogen (secondary N) is 2. The number of ether oxygens (including phenoxy) is 3. The van der Waals surface area contributed by atoms with Crippen LogP contribution in [0.15, 0.2) is 41.4 Å². The van der Waals surface area contributed by atoms with Crippen LogP contribution in [0.25, 0.3) is 0 Å². The highest BCUT2D eigenvalue weighted by Gasteiger charge is 2.19. The fourth-order valence-electron chi connectivity index (χ4n) is 3.60. The molecular weight excluding hydrogens is 434 g/mol. The predicted molar refractivity (Wildman–Crippen MR) is 132 cm³/mol. The molecule has 3 rings (SSSR count). The van der Waals surface area contributed by atoms with E-state index in [1.54, 1.807) is 25.3 Å². The number of carbonyl (C=O) groups is 1. The van der Waals surface area contributed by atoms with Gasteiger partial charge in [-0.1, -0.05) is 12.1 Å². The topological polar surface area (TPSA) is 99.0 Å². The van der Waals surface area contributed by atoms with E-state index < -0.39 is 5.91 Å². The van der Waals surface area contributed by atoms with Gasteiger partial charge < -0.3 is 19.5 Å². The minimum atomic E-state index is -0.395. The number of aromatic nitrogens is 2. The van der Waals surface area contributed by atoms with Crippen LogP contribution < -0.4 is 24.8 Å². The molecule has 2 N–H and O–H groups in total. The van der Waals surface area contributed by atoms with Crippen molar-refractivity contribution < 1.29 is 19.0 Å². The van der Waals surface area contributed by atoms with Crippen molar-refractivity contribution in [1.82, 2.24) is 15.1 Å². The predicted octanol–water partition coefficient (Wildman–Crippen LogP) is 3.77. The lowest BCUT2D eigenvalue weighted by Gasteiger charge is -2.16. The fraction of sp³-hybridized carbons (Fsp3) is 0.320. The van der Waals surface area contributed by atoms with Crippen molar-refractivity contribution >= 4 is 17.6 Å². The van der Waals surface area contributed by atoms with Crippen LogP contribution in [0.5, 0.6) is 17.2 Å². The minimum absolute atomic E-state index is 0.265. The Morgan fingerprint density at radius 1 is 1.03 bits per heavy atom. The van der Waals surface area contributed by atoms with E-state index in [2.05, 4.69) is 20.7 Å². The van der Waals surface area contributed by atoms with Crippen LogP contribution in [0.1, 0.15) is 32.9 Å². The van der Waals surface area contributed by atoms with Gasteiger partial charge in [0.25, 0.3) is 5.91 Å². The van der Waals surface area contributed by atoms with Gasteiger partial charge in [-0.15, -0.1) is 0 Å². The van der Waals surface area contributed by atoms with Gasteiger partial charge >= 0.3 is 0 Å². The SMILES string of the molecule is COc1ccc(C)cc1NC(=NCc1c(C)nn(C)c1C)NC(=O)c1cccc(OC)c1OC. The molecule has 2 aromatic carbocycles. The molecule has 1 aromatic heterocycles. The van der Waals surface area contributed by atoms with Crippen LogP contribution in [0.3, 0.4) is 0 Å². The van der Waals surface area contributed by atoms with Crippen LogP contribution in [-0.2, 0) is 13.6 Å². The highest BCUT2D eigenvalue weighted by Crippen LogP contribution is 2.31. The molecule has 0 aliphatic carbocycles. The van der Waals surface area contributed by atoms with Crippen LogP contribution in [-0.4, -0.2) is 43.0 Å². The van der Waals surface area contributed by atoms with Crippen LogP contribution in [0.4, 0.5) is 5.69 Å². The van der Waals surface area contributed by atoms with E-state index in [0.29, 0.717) is 35.0 Å². The number of hydrogen-bond donors (Lipinski definition) is 2. The average Bonchev–Trinajstić information content (AvgIpc) is 3.07. The Morgan fingerprint density at radius 2 is 1.76 bits per heavy atom. The van der Waals surface area contributed by atoms with Crippen LogP contribution in [0.2, 0.25) is 0 Å². The summed E-state index contributed by atoms with van der Waals surface area (Å²) in [6, 6.07) is 10.9. The normalized spacial score (nSPS) is 11.2. The molecule has 0 atom stereocenters. The molecule has 0 saturated heterocycles. The van der Waals surface area contributed by atoms with E-state index in [-0.39, 0.29) is 5.96 Å². The summed E-state index contributed by atoms with van der Waals surface area (Å²) in [5.41, 5.74) is 4.92. The maximum absolute atomic E-state index is 13.2. The number of hydrogen-bond acceptors (Lipinski definition) is 6. The number of para-hydroxylation sites is 1. The molecule has 9 heteroatoms. The van der Waals surface area contributed by atoms with Gasteiger partial charge in [-0.25, -0.2) is 4.99 Å². The molecule has 0 aliphatic heterocycles. The smallest absolute Gasteiger partial charge is 0.261 e. The highest BCUT2D eigenvalue weighted by atomic mass is 16.5. The third-order valence-corrected chi connectivity index (χ3v) is 5.54. The van der Waals surface area contributed by atoms with Gasteiger partial charge in [0.2, 0.25) is 5.96 Å². The molecule has 1 heterocycles. The quantitative estimate of drug-likeness (QED) is 0.407. The van der Waals surface area contributed by atoms with E-state index in [1.165, 1.54) is 14.2 Å². The first-order valence-electron chi connectivity index (χ1n) is 10.8. The van der Waals surface area contributed by atoms with Crippen LogP contribution >= 0.6 is 0 Å². The Balaban J connectivity index is 1.98. The number of guanidine groups is 1. The van der Waals surface area contributed by atoms with Gasteiger partial charge in [0, 0.05) is 18.3 Å². The molecule has 0 unspecified atom stereocenters. The number of benzene rings is 2. The molecule has 180 valence electrons. The fourth-order valence-corrected chi connectivity index (χ4v) is 3.60. The first kappa shape index (κ1) is 24.6. The summed E-state index contributed by atoms with van der Waals surface area (Å²) in [5, 5.41) is 10.5. The molecule has 0 saturated carbocycles. The van der Waals surface area contributed by atoms with Gasteiger partial charge in [-0.3, -0.25) is 14.8 Å². The first-order chi connectivity index (χ1) is 16.3. The molecule has 0 fully saturated rings. The Kier molecular flexibility index (Phi) is 7.78. The van der Waals surface area contributed by atoms with E-state index in [4.69, 9.17) is 14.2 Å². The van der Waals surface area contributed by atoms with E-state index in [1.807, 2.05) is 50.7 Å². The van der Waals surface area contributed by atoms with Crippen molar-refractivity contribution in [3.8, 4) is 17.2 Å². The Hall–Kier alpha value is -4.01. The van der Waals surface area contributed by atoms with Crippen LogP contribution in [0, 0.1) is 20.8 Å². The van der Waals surface area contributed by atoms with Gasteiger partial charge in [0.05, 0.1) is 44.8 Å². The summed E-state index contributed by atoms with van der Waals surface area (Å²) in [6.07, 6.45) is 0. The second kappa shape index (κ2) is 10.7. The third-order valence-electron chi connectivity index (χ3n) is 5.54. The maximum atomic E-state index is 13.2. The monoisotopic (exact) mass is 465 g/mol. The number of anilines is 1. The maximum Gasteiger partial charge on any atom is 0.261 e. The van der Waals surface area contributed by atoms with E-state index in [9.17, 15) is 4.79 Å². The average molecular weight is 466 g/mol. The minimum Gasteiger partial charge on any atom is -0.495 e. The standard InChI is InChI=1S/C25H31N5O4/c1-15-11-12-21(32-5)20(13-15)27-25(26-14-19-16(2)29-30(4)17(19)3)28-24(31)18-9-8-10-22(33-6)23(18)34-7/h8-13H,14H2,1-7H3,(H2,26,27,28,31). The van der Waals surface area contributed by atoms with Gasteiger partial charge in [-0.2, -0.15) is 5.10 Å². The molecule has 0 aliphatic rings. The summed E-state index contributed by atoms with van der Waals surface area (Å²) in [6.45, 7) is 6.23. The van der Waals surface area contributed by atoms with Crippen molar-refractivity contribution in [3.63, 3.8) is 0 Å². The zero-order valence-corrected chi connectivity index (χ0v) is 20.6. The molecule has 0 bridgehead atoms. The zero-order chi connectivity index (χ0) is 24.8. The third kappa shape index (κ3) is 5.31. The summed E-state index contributed by atoms with van der Waals surface area (Å²) in [4.78, 5) is 17.9. The number of carbonyl (C=O) groups excluding carboxylic acids is 1. The Morgan fingerprint density at radius 3 is 2.38 bits per heavy atom. The van der Waals surface area contributed by atoms with E-state index >= 15 is 0 Å². The molecule has 34 heavy (non-hydrogen) atoms. The van der Waals surface area contributed by atoms with Crippen molar-refractivity contribution in [2.45, 2.75) is 27.3 Å². The Labute approximate surface area is 199 Å². The number of methoxy groups -OCH3 is 3. The Bertz CT molecular complexity index is 1220. The van der Waals surface area contributed by atoms with Gasteiger partial charge in [0.1, 0.15) is 5.75 Å². The number of aryl methyl sites for hydroxylation is 3. The van der Waals surface area contributed by atoms with Crippen molar-refractivity contribution in [2.24, 2.45) is 12.0 Å². The summed E-state index contributed by atoms with van der Waals surface area (Å²) in [7, 11) is 6.50. The van der Waals surface area contributed by atoms with Crippen molar-refractivity contribution in [1.29, 1.82) is 0 Å². The first-order valence-corrected chi connectivity index (χ1v) is 10.8. The second-order valence-electron chi connectivity index (χ2n) is 7.76. The van der Waals surface area contributed by atoms with Crippen molar-refractivity contribution in [2.75, 3.05) is 26.6 Å². The highest BCUT2D eigenvalue weighted by molar-refractivity contribution is 6.11. The molecule has 1 amide bonds. The molecule has 0 spiro atoms. The summed E-state index contributed by atoms with van der Waals surface area (Å²) in [5.74, 6) is 1.30. The molecule has 0 radical (unpaired) electrons. The van der Waals surface area contributed by atoms with Gasteiger partial charge in [0.15, 0.2) is 11.5 Å². The van der Waals surface area contributed by atoms with Gasteiger partial charge in [-0.05, 0) is 50.6 Å². The molecule has 3 aromatic rings. The molecule has 9 nitrogen and oxygen atoms in total. The van der Waals surface area contributed by atoms with E-state index in [0.717, 1.165) is 22.5 Å². The lowest BCUT2D eigenvalue weighted by atomic mass is 10.1.